The number of anilines is 1. The Bertz CT molecular complexity index is 689. The quantitative estimate of drug-likeness (QED) is 0.656. The second-order valence-corrected chi connectivity index (χ2v) is 5.19. The van der Waals surface area contributed by atoms with Gasteiger partial charge in [-0.2, -0.15) is 0 Å². The summed E-state index contributed by atoms with van der Waals surface area (Å²) in [7, 11) is 0. The van der Waals surface area contributed by atoms with Gasteiger partial charge in [0.2, 0.25) is 5.91 Å². The number of nitro benzene ring substituents is 1. The van der Waals surface area contributed by atoms with Crippen LogP contribution in [0.2, 0.25) is 5.02 Å². The summed E-state index contributed by atoms with van der Waals surface area (Å²) in [5.41, 5.74) is 1.04. The first-order valence-corrected chi connectivity index (χ1v) is 7.20. The second kappa shape index (κ2) is 7.04. The Kier molecular flexibility index (Phi) is 5.12. The van der Waals surface area contributed by atoms with Gasteiger partial charge in [0, 0.05) is 11.8 Å². The lowest BCUT2D eigenvalue weighted by atomic mass is 9.95. The molecule has 0 radical (unpaired) electrons. The summed E-state index contributed by atoms with van der Waals surface area (Å²) in [5, 5.41) is 13.6. The van der Waals surface area contributed by atoms with Gasteiger partial charge in [-0.1, -0.05) is 48.9 Å². The standard InChI is InChI=1S/C16H15ClN2O3/c1-2-13(11-6-4-3-5-7-11)16(20)18-12-8-9-14(17)15(10-12)19(21)22/h3-10,13H,2H2,1H3,(H,18,20). The molecule has 0 spiro atoms. The van der Waals surface area contributed by atoms with Gasteiger partial charge in [-0.05, 0) is 24.1 Å². The third-order valence-electron chi connectivity index (χ3n) is 3.34. The molecule has 6 heteroatoms. The fourth-order valence-corrected chi connectivity index (χ4v) is 2.40. The molecule has 22 heavy (non-hydrogen) atoms. The molecule has 0 aliphatic heterocycles. The van der Waals surface area contributed by atoms with Gasteiger partial charge in [-0.15, -0.1) is 0 Å². The molecule has 0 fully saturated rings. The molecule has 1 atom stereocenters. The number of hydrogen-bond donors (Lipinski definition) is 1. The van der Waals surface area contributed by atoms with Crippen LogP contribution in [-0.2, 0) is 4.79 Å². The molecule has 114 valence electrons. The maximum atomic E-state index is 12.4. The maximum Gasteiger partial charge on any atom is 0.289 e. The first-order chi connectivity index (χ1) is 10.5. The van der Waals surface area contributed by atoms with E-state index in [1.807, 2.05) is 37.3 Å². The number of nitrogens with one attached hydrogen (secondary N) is 1. The lowest BCUT2D eigenvalue weighted by Crippen LogP contribution is -2.20. The van der Waals surface area contributed by atoms with E-state index in [-0.39, 0.29) is 22.5 Å². The maximum absolute atomic E-state index is 12.4. The van der Waals surface area contributed by atoms with Gasteiger partial charge in [-0.3, -0.25) is 14.9 Å². The highest BCUT2D eigenvalue weighted by molar-refractivity contribution is 6.32. The zero-order valence-electron chi connectivity index (χ0n) is 12.0. The van der Waals surface area contributed by atoms with Gasteiger partial charge in [0.1, 0.15) is 5.02 Å². The Labute approximate surface area is 133 Å². The number of hydrogen-bond acceptors (Lipinski definition) is 3. The van der Waals surface area contributed by atoms with Crippen molar-refractivity contribution in [1.82, 2.24) is 0 Å². The molecule has 1 unspecified atom stereocenters. The van der Waals surface area contributed by atoms with Crippen LogP contribution in [0.5, 0.6) is 0 Å². The molecule has 0 aromatic heterocycles. The van der Waals surface area contributed by atoms with Crippen molar-refractivity contribution >= 4 is 28.9 Å². The summed E-state index contributed by atoms with van der Waals surface area (Å²) in [6.07, 6.45) is 0.630. The van der Waals surface area contributed by atoms with Crippen LogP contribution in [0.25, 0.3) is 0 Å². The molecule has 0 bridgehead atoms. The molecule has 2 rings (SSSR count). The smallest absolute Gasteiger partial charge is 0.289 e. The Morgan fingerprint density at radius 2 is 1.95 bits per heavy atom. The van der Waals surface area contributed by atoms with Crippen LogP contribution in [0.1, 0.15) is 24.8 Å². The lowest BCUT2D eigenvalue weighted by molar-refractivity contribution is -0.384. The molecule has 0 saturated heterocycles. The molecule has 5 nitrogen and oxygen atoms in total. The van der Waals surface area contributed by atoms with Crippen LogP contribution in [0.4, 0.5) is 11.4 Å². The van der Waals surface area contributed by atoms with E-state index in [4.69, 9.17) is 11.6 Å². The summed E-state index contributed by atoms with van der Waals surface area (Å²) in [4.78, 5) is 22.7. The minimum Gasteiger partial charge on any atom is -0.325 e. The molecule has 2 aromatic carbocycles. The first-order valence-electron chi connectivity index (χ1n) is 6.82. The van der Waals surface area contributed by atoms with E-state index in [0.29, 0.717) is 12.1 Å². The molecular formula is C16H15ClN2O3. The Morgan fingerprint density at radius 3 is 2.55 bits per heavy atom. The number of carbonyl (C=O) groups excluding carboxylic acids is 1. The normalized spacial score (nSPS) is 11.7. The predicted molar refractivity (Wildman–Crippen MR) is 86.2 cm³/mol. The fraction of sp³-hybridized carbons (Fsp3) is 0.188. The molecule has 2 aromatic rings. The van der Waals surface area contributed by atoms with Gasteiger partial charge in [0.25, 0.3) is 5.69 Å². The summed E-state index contributed by atoms with van der Waals surface area (Å²) in [5.74, 6) is -0.513. The third kappa shape index (κ3) is 3.62. The topological polar surface area (TPSA) is 72.2 Å². The van der Waals surface area contributed by atoms with Crippen molar-refractivity contribution in [1.29, 1.82) is 0 Å². The minimum absolute atomic E-state index is 0.0399. The van der Waals surface area contributed by atoms with Gasteiger partial charge in [0.05, 0.1) is 10.8 Å². The van der Waals surface area contributed by atoms with E-state index in [0.717, 1.165) is 5.56 Å². The highest BCUT2D eigenvalue weighted by Gasteiger charge is 2.20. The van der Waals surface area contributed by atoms with Crippen molar-refractivity contribution in [3.63, 3.8) is 0 Å². The lowest BCUT2D eigenvalue weighted by Gasteiger charge is -2.15. The molecule has 0 heterocycles. The van der Waals surface area contributed by atoms with E-state index in [9.17, 15) is 14.9 Å². The average molecular weight is 319 g/mol. The van der Waals surface area contributed by atoms with Crippen LogP contribution >= 0.6 is 11.6 Å². The number of carbonyl (C=O) groups is 1. The van der Waals surface area contributed by atoms with Crippen molar-refractivity contribution in [2.75, 3.05) is 5.32 Å². The summed E-state index contributed by atoms with van der Waals surface area (Å²) in [6.45, 7) is 1.92. The number of nitro groups is 1. The summed E-state index contributed by atoms with van der Waals surface area (Å²) in [6, 6.07) is 13.6. The van der Waals surface area contributed by atoms with E-state index < -0.39 is 4.92 Å². The van der Waals surface area contributed by atoms with E-state index in [1.54, 1.807) is 6.07 Å². The molecule has 1 amide bonds. The molecule has 0 aliphatic carbocycles. The number of nitrogens with zero attached hydrogens (tertiary/aromatic N) is 1. The van der Waals surface area contributed by atoms with Gasteiger partial charge in [-0.25, -0.2) is 0 Å². The fourth-order valence-electron chi connectivity index (χ4n) is 2.22. The van der Waals surface area contributed by atoms with Gasteiger partial charge >= 0.3 is 0 Å². The second-order valence-electron chi connectivity index (χ2n) is 4.78. The van der Waals surface area contributed by atoms with Crippen LogP contribution in [0.3, 0.4) is 0 Å². The first kappa shape index (κ1) is 16.0. The molecular weight excluding hydrogens is 304 g/mol. The van der Waals surface area contributed by atoms with Crippen molar-refractivity contribution in [2.45, 2.75) is 19.3 Å². The minimum atomic E-state index is -0.577. The largest absolute Gasteiger partial charge is 0.325 e. The monoisotopic (exact) mass is 318 g/mol. The van der Waals surface area contributed by atoms with E-state index >= 15 is 0 Å². The van der Waals surface area contributed by atoms with Crippen molar-refractivity contribution in [3.05, 3.63) is 69.2 Å². The average Bonchev–Trinajstić information content (AvgIpc) is 2.51. The van der Waals surface area contributed by atoms with E-state index in [2.05, 4.69) is 5.32 Å². The summed E-state index contributed by atoms with van der Waals surface area (Å²) < 4.78 is 0. The Morgan fingerprint density at radius 1 is 1.27 bits per heavy atom. The van der Waals surface area contributed by atoms with Crippen LogP contribution in [0, 0.1) is 10.1 Å². The summed E-state index contributed by atoms with van der Waals surface area (Å²) >= 11 is 5.76. The van der Waals surface area contributed by atoms with E-state index in [1.165, 1.54) is 12.1 Å². The van der Waals surface area contributed by atoms with Crippen molar-refractivity contribution in [2.24, 2.45) is 0 Å². The number of amides is 1. The number of rotatable bonds is 5. The molecule has 1 N–H and O–H groups in total. The highest BCUT2D eigenvalue weighted by Crippen LogP contribution is 2.28. The predicted octanol–water partition coefficient (Wildman–Crippen LogP) is 4.38. The third-order valence-corrected chi connectivity index (χ3v) is 3.66. The van der Waals surface area contributed by atoms with Gasteiger partial charge in [0.15, 0.2) is 0 Å². The zero-order chi connectivity index (χ0) is 16.1. The number of benzene rings is 2. The van der Waals surface area contributed by atoms with Crippen LogP contribution in [-0.4, -0.2) is 10.8 Å². The van der Waals surface area contributed by atoms with Crippen molar-refractivity contribution < 1.29 is 9.72 Å². The SMILES string of the molecule is CCC(C(=O)Nc1ccc(Cl)c([N+](=O)[O-])c1)c1ccccc1. The van der Waals surface area contributed by atoms with Crippen molar-refractivity contribution in [3.8, 4) is 0 Å². The Balaban J connectivity index is 2.21. The highest BCUT2D eigenvalue weighted by atomic mass is 35.5. The van der Waals surface area contributed by atoms with Crippen LogP contribution in [0.15, 0.2) is 48.5 Å². The number of halogens is 1. The Hall–Kier alpha value is -2.40. The molecule has 0 saturated carbocycles. The van der Waals surface area contributed by atoms with Crippen LogP contribution < -0.4 is 5.32 Å². The molecule has 0 aliphatic rings. The zero-order valence-corrected chi connectivity index (χ0v) is 12.7. The van der Waals surface area contributed by atoms with Gasteiger partial charge < -0.3 is 5.32 Å².